The van der Waals surface area contributed by atoms with Crippen molar-refractivity contribution in [1.82, 2.24) is 4.90 Å². The van der Waals surface area contributed by atoms with Gasteiger partial charge >= 0.3 is 12.3 Å². The highest BCUT2D eigenvalue weighted by atomic mass is 19.4. The highest BCUT2D eigenvalue weighted by molar-refractivity contribution is 6.00. The summed E-state index contributed by atoms with van der Waals surface area (Å²) in [6, 6.07) is 4.12. The van der Waals surface area contributed by atoms with Crippen molar-refractivity contribution >= 4 is 17.7 Å². The second kappa shape index (κ2) is 6.36. The zero-order valence-corrected chi connectivity index (χ0v) is 17.2. The number of rotatable bonds is 2. The summed E-state index contributed by atoms with van der Waals surface area (Å²) in [6.45, 7) is 1.92. The first-order valence-corrected chi connectivity index (χ1v) is 10.2. The molecular weight excluding hydrogens is 431 g/mol. The first kappa shape index (κ1) is 21.0. The van der Waals surface area contributed by atoms with Gasteiger partial charge in [-0.1, -0.05) is 0 Å². The zero-order chi connectivity index (χ0) is 23.2. The summed E-state index contributed by atoms with van der Waals surface area (Å²) in [4.78, 5) is 27.6. The fraction of sp³-hybridized carbons (Fsp3) is 0.571. The molecule has 4 aliphatic heterocycles. The number of hydrogen-bond acceptors (Lipinski definition) is 5. The number of carbonyl (C=O) groups is 2. The van der Waals surface area contributed by atoms with E-state index in [1.807, 2.05) is 0 Å². The lowest BCUT2D eigenvalue weighted by Crippen LogP contribution is -2.58. The summed E-state index contributed by atoms with van der Waals surface area (Å²) in [5, 5.41) is 18.6. The third-order valence-corrected chi connectivity index (χ3v) is 7.56. The monoisotopic (exact) mass is 451 g/mol. The van der Waals surface area contributed by atoms with E-state index in [0.29, 0.717) is 12.8 Å². The van der Waals surface area contributed by atoms with Gasteiger partial charge in [0, 0.05) is 31.5 Å². The van der Waals surface area contributed by atoms with Gasteiger partial charge in [0.25, 0.3) is 0 Å². The molecule has 2 bridgehead atoms. The second-order valence-corrected chi connectivity index (χ2v) is 9.03. The van der Waals surface area contributed by atoms with E-state index in [9.17, 15) is 27.9 Å². The number of halogens is 3. The van der Waals surface area contributed by atoms with Gasteiger partial charge in [-0.2, -0.15) is 18.4 Å². The molecule has 1 aromatic rings. The van der Waals surface area contributed by atoms with Crippen LogP contribution in [-0.4, -0.2) is 59.1 Å². The molecule has 5 rings (SSSR count). The number of carboxylic acid groups (broad SMARTS) is 1. The Morgan fingerprint density at radius 2 is 2.12 bits per heavy atom. The topological polar surface area (TPSA) is 103 Å². The Kier molecular flexibility index (Phi) is 4.18. The maximum Gasteiger partial charge on any atom is 0.417 e. The van der Waals surface area contributed by atoms with E-state index >= 15 is 0 Å². The van der Waals surface area contributed by atoms with Gasteiger partial charge < -0.3 is 19.5 Å². The van der Waals surface area contributed by atoms with Gasteiger partial charge in [0.2, 0.25) is 5.91 Å². The number of likely N-dealkylation sites (N-methyl/N-ethyl adjacent to an activating group) is 1. The van der Waals surface area contributed by atoms with Crippen molar-refractivity contribution < 1.29 is 37.3 Å². The molecular formula is C21H20F3N3O5. The van der Waals surface area contributed by atoms with Gasteiger partial charge in [-0.25, -0.2) is 4.79 Å². The van der Waals surface area contributed by atoms with Crippen molar-refractivity contribution in [1.29, 1.82) is 5.26 Å². The molecule has 4 fully saturated rings. The Morgan fingerprint density at radius 1 is 1.41 bits per heavy atom. The van der Waals surface area contributed by atoms with Crippen LogP contribution in [0.5, 0.6) is 0 Å². The number of amides is 2. The summed E-state index contributed by atoms with van der Waals surface area (Å²) in [5.41, 5.74) is -3.59. The van der Waals surface area contributed by atoms with E-state index in [1.165, 1.54) is 24.1 Å². The van der Waals surface area contributed by atoms with Gasteiger partial charge in [0.1, 0.15) is 6.23 Å². The number of ether oxygens (including phenoxy) is 2. The molecule has 1 spiro atoms. The molecule has 4 heterocycles. The van der Waals surface area contributed by atoms with Crippen molar-refractivity contribution in [2.45, 2.75) is 49.4 Å². The lowest BCUT2D eigenvalue weighted by molar-refractivity contribution is -0.141. The molecule has 2 amide bonds. The second-order valence-electron chi connectivity index (χ2n) is 9.03. The van der Waals surface area contributed by atoms with Crippen LogP contribution in [0.4, 0.5) is 23.7 Å². The highest BCUT2D eigenvalue weighted by Gasteiger charge is 2.78. The van der Waals surface area contributed by atoms with E-state index in [-0.39, 0.29) is 12.3 Å². The molecule has 1 N–H and O–H groups in total. The number of alkyl halides is 3. The third kappa shape index (κ3) is 2.50. The van der Waals surface area contributed by atoms with E-state index in [1.54, 1.807) is 6.92 Å². The van der Waals surface area contributed by atoms with Crippen LogP contribution in [0.1, 0.15) is 30.9 Å². The molecule has 8 nitrogen and oxygen atoms in total. The largest absolute Gasteiger partial charge is 0.465 e. The molecule has 4 aliphatic rings. The number of anilines is 1. The summed E-state index contributed by atoms with van der Waals surface area (Å²) < 4.78 is 52.8. The number of carbonyl (C=O) groups excluding carboxylic acids is 1. The van der Waals surface area contributed by atoms with E-state index in [4.69, 9.17) is 14.7 Å². The first-order chi connectivity index (χ1) is 14.9. The standard InChI is InChI=1S/C21H20F3N3O5/c1-19-13(26(2)18(29)30)8-20(32-19)5-6-31-17-15(20)14(19)16(28)27(17)11-4-3-10(9-25)12(7-11)21(22,23)24/h3-4,7,13-15,17H,5-6,8H2,1-2H3,(H,29,30)/t13-,14-,15+,17+,19-,20+/m1/s1. The number of hydrogen-bond donors (Lipinski definition) is 1. The maximum absolute atomic E-state index is 13.6. The molecule has 170 valence electrons. The highest BCUT2D eigenvalue weighted by Crippen LogP contribution is 2.66. The smallest absolute Gasteiger partial charge is 0.417 e. The van der Waals surface area contributed by atoms with Gasteiger partial charge in [0.15, 0.2) is 0 Å². The lowest BCUT2D eigenvalue weighted by atomic mass is 9.64. The van der Waals surface area contributed by atoms with E-state index < -0.39 is 64.6 Å². The molecule has 11 heteroatoms. The molecule has 0 aliphatic carbocycles. The van der Waals surface area contributed by atoms with Crippen molar-refractivity contribution in [3.8, 4) is 6.07 Å². The Morgan fingerprint density at radius 3 is 2.75 bits per heavy atom. The fourth-order valence-corrected chi connectivity index (χ4v) is 6.27. The minimum absolute atomic E-state index is 0.0103. The fourth-order valence-electron chi connectivity index (χ4n) is 6.27. The maximum atomic E-state index is 13.6. The minimum atomic E-state index is -4.77. The summed E-state index contributed by atoms with van der Waals surface area (Å²) in [7, 11) is 1.43. The number of fused-ring (bicyclic) bond motifs is 2. The van der Waals surface area contributed by atoms with Crippen LogP contribution in [-0.2, 0) is 20.4 Å². The van der Waals surface area contributed by atoms with Crippen LogP contribution >= 0.6 is 0 Å². The molecule has 0 aromatic heterocycles. The number of nitrogens with zero attached hydrogens (tertiary/aromatic N) is 3. The van der Waals surface area contributed by atoms with E-state index in [2.05, 4.69) is 0 Å². The van der Waals surface area contributed by atoms with Gasteiger partial charge in [0.05, 0.1) is 47.0 Å². The Balaban J connectivity index is 1.60. The lowest BCUT2D eigenvalue weighted by Gasteiger charge is -2.44. The summed E-state index contributed by atoms with van der Waals surface area (Å²) in [6.07, 6.45) is -5.89. The molecule has 0 unspecified atom stereocenters. The van der Waals surface area contributed by atoms with E-state index in [0.717, 1.165) is 17.0 Å². The molecule has 32 heavy (non-hydrogen) atoms. The van der Waals surface area contributed by atoms with Crippen LogP contribution in [0.25, 0.3) is 0 Å². The zero-order valence-electron chi connectivity index (χ0n) is 17.2. The SMILES string of the molecule is CN(C(=O)O)[C@@H]1C[C@@]23CCO[C@H]4[C@@H]2[C@H](C(=O)N4c2ccc(C#N)c(C(F)(F)F)c2)[C@]1(C)O3. The minimum Gasteiger partial charge on any atom is -0.465 e. The predicted octanol–water partition coefficient (Wildman–Crippen LogP) is 2.81. The average Bonchev–Trinajstić information content (AvgIpc) is 3.30. The molecule has 4 saturated heterocycles. The number of nitriles is 1. The summed E-state index contributed by atoms with van der Waals surface area (Å²) >= 11 is 0. The Bertz CT molecular complexity index is 1070. The van der Waals surface area contributed by atoms with Crippen LogP contribution in [0.3, 0.4) is 0 Å². The van der Waals surface area contributed by atoms with Gasteiger partial charge in [-0.3, -0.25) is 9.69 Å². The van der Waals surface area contributed by atoms with Crippen LogP contribution in [0.15, 0.2) is 18.2 Å². The molecule has 6 atom stereocenters. The van der Waals surface area contributed by atoms with Crippen LogP contribution in [0.2, 0.25) is 0 Å². The van der Waals surface area contributed by atoms with Crippen molar-refractivity contribution in [3.63, 3.8) is 0 Å². The molecule has 1 aromatic carbocycles. The van der Waals surface area contributed by atoms with Crippen molar-refractivity contribution in [2.75, 3.05) is 18.6 Å². The van der Waals surface area contributed by atoms with Crippen LogP contribution < -0.4 is 4.90 Å². The Labute approximate surface area is 181 Å². The number of benzene rings is 1. The first-order valence-electron chi connectivity index (χ1n) is 10.2. The van der Waals surface area contributed by atoms with Crippen molar-refractivity contribution in [2.24, 2.45) is 11.8 Å². The molecule has 0 radical (unpaired) electrons. The third-order valence-electron chi connectivity index (χ3n) is 7.56. The predicted molar refractivity (Wildman–Crippen MR) is 101 cm³/mol. The normalized spacial score (nSPS) is 37.4. The van der Waals surface area contributed by atoms with Gasteiger partial charge in [-0.15, -0.1) is 0 Å². The quantitative estimate of drug-likeness (QED) is 0.742. The average molecular weight is 451 g/mol. The Hall–Kier alpha value is -2.84. The summed E-state index contributed by atoms with van der Waals surface area (Å²) in [5.74, 6) is -1.66. The van der Waals surface area contributed by atoms with Gasteiger partial charge in [-0.05, 0) is 25.1 Å². The molecule has 0 saturated carbocycles. The van der Waals surface area contributed by atoms with Crippen LogP contribution in [0, 0.1) is 23.2 Å². The van der Waals surface area contributed by atoms with Crippen molar-refractivity contribution in [3.05, 3.63) is 29.3 Å².